The van der Waals surface area contributed by atoms with Crippen LogP contribution < -0.4 is 0 Å². The van der Waals surface area contributed by atoms with Crippen LogP contribution in [0.1, 0.15) is 5.56 Å². The summed E-state index contributed by atoms with van der Waals surface area (Å²) in [6, 6.07) is 0. The summed E-state index contributed by atoms with van der Waals surface area (Å²) in [7, 11) is 0. The highest BCUT2D eigenvalue weighted by Gasteiger charge is 2.23. The van der Waals surface area contributed by atoms with Crippen LogP contribution in [0.2, 0.25) is 0 Å². The minimum Gasteiger partial charge on any atom is -0.246 e. The van der Waals surface area contributed by atoms with E-state index in [1.54, 1.807) is 0 Å². The zero-order chi connectivity index (χ0) is 10.2. The predicted octanol–water partition coefficient (Wildman–Crippen LogP) is 3.48. The van der Waals surface area contributed by atoms with Gasteiger partial charge in [0.1, 0.15) is 6.67 Å². The van der Waals surface area contributed by atoms with Gasteiger partial charge in [-0.3, -0.25) is 0 Å². The van der Waals surface area contributed by atoms with Gasteiger partial charge in [0.25, 0.3) is 0 Å². The Balaban J connectivity index is 3.56. The van der Waals surface area contributed by atoms with E-state index in [0.717, 1.165) is 0 Å². The Bertz CT molecular complexity index is 320. The molecule has 0 saturated heterocycles. The molecule has 0 saturated carbocycles. The lowest BCUT2D eigenvalue weighted by molar-refractivity contribution is 0.384. The Morgan fingerprint density at radius 1 is 0.846 bits per heavy atom. The van der Waals surface area contributed by atoms with Gasteiger partial charge in [-0.05, 0) is 15.9 Å². The van der Waals surface area contributed by atoms with Gasteiger partial charge in [-0.25, -0.2) is 22.0 Å². The van der Waals surface area contributed by atoms with E-state index < -0.39 is 40.0 Å². The van der Waals surface area contributed by atoms with Crippen LogP contribution in [0.3, 0.4) is 0 Å². The van der Waals surface area contributed by atoms with Crippen molar-refractivity contribution in [3.63, 3.8) is 0 Å². The molecule has 0 atom stereocenters. The van der Waals surface area contributed by atoms with Crippen LogP contribution in [0.4, 0.5) is 22.0 Å². The zero-order valence-corrected chi connectivity index (χ0v) is 7.56. The molecule has 0 aliphatic heterocycles. The number of alkyl halides is 1. The van der Waals surface area contributed by atoms with Crippen LogP contribution in [0.25, 0.3) is 0 Å². The highest BCUT2D eigenvalue weighted by atomic mass is 79.9. The molecule has 72 valence electrons. The van der Waals surface area contributed by atoms with Crippen LogP contribution in [0, 0.1) is 23.3 Å². The van der Waals surface area contributed by atoms with Crippen molar-refractivity contribution in [3.8, 4) is 0 Å². The Morgan fingerprint density at radius 2 is 1.31 bits per heavy atom. The molecular formula is C7H2BrF5. The standard InChI is InChI=1S/C7H2BrF5/c8-3-2(1-9)4(10)6(12)7(13)5(3)11/h1H2. The molecular weight excluding hydrogens is 259 g/mol. The summed E-state index contributed by atoms with van der Waals surface area (Å²) in [5, 5.41) is 0. The molecule has 0 aliphatic carbocycles. The van der Waals surface area contributed by atoms with Crippen LogP contribution >= 0.6 is 15.9 Å². The molecule has 0 heterocycles. The highest BCUT2D eigenvalue weighted by molar-refractivity contribution is 9.10. The van der Waals surface area contributed by atoms with Gasteiger partial charge in [0.05, 0.1) is 4.47 Å². The summed E-state index contributed by atoms with van der Waals surface area (Å²) in [6.07, 6.45) is 0. The molecule has 0 radical (unpaired) electrons. The van der Waals surface area contributed by atoms with Crippen molar-refractivity contribution in [1.29, 1.82) is 0 Å². The first-order chi connectivity index (χ1) is 6.00. The fourth-order valence-corrected chi connectivity index (χ4v) is 1.22. The minimum atomic E-state index is -2.01. The molecule has 0 amide bonds. The van der Waals surface area contributed by atoms with E-state index in [1.165, 1.54) is 0 Å². The molecule has 0 N–H and O–H groups in total. The monoisotopic (exact) mass is 260 g/mol. The smallest absolute Gasteiger partial charge is 0.198 e. The second-order valence-corrected chi connectivity index (χ2v) is 2.98. The van der Waals surface area contributed by atoms with E-state index in [0.29, 0.717) is 0 Å². The molecule has 13 heavy (non-hydrogen) atoms. The third kappa shape index (κ3) is 1.54. The maximum Gasteiger partial charge on any atom is 0.198 e. The lowest BCUT2D eigenvalue weighted by Gasteiger charge is -2.05. The van der Waals surface area contributed by atoms with Crippen molar-refractivity contribution in [1.82, 2.24) is 0 Å². The topological polar surface area (TPSA) is 0 Å². The van der Waals surface area contributed by atoms with Crippen molar-refractivity contribution >= 4 is 15.9 Å². The van der Waals surface area contributed by atoms with Crippen molar-refractivity contribution in [3.05, 3.63) is 33.3 Å². The second kappa shape index (κ2) is 3.61. The van der Waals surface area contributed by atoms with E-state index >= 15 is 0 Å². The number of benzene rings is 1. The summed E-state index contributed by atoms with van der Waals surface area (Å²) in [4.78, 5) is 0. The number of hydrogen-bond acceptors (Lipinski definition) is 0. The number of hydrogen-bond donors (Lipinski definition) is 0. The molecule has 0 nitrogen and oxygen atoms in total. The minimum absolute atomic E-state index is 0.730. The molecule has 6 heteroatoms. The molecule has 0 aromatic heterocycles. The molecule has 1 aromatic rings. The molecule has 0 unspecified atom stereocenters. The van der Waals surface area contributed by atoms with Crippen molar-refractivity contribution in [2.75, 3.05) is 0 Å². The van der Waals surface area contributed by atoms with Crippen molar-refractivity contribution < 1.29 is 22.0 Å². The van der Waals surface area contributed by atoms with Gasteiger partial charge in [-0.2, -0.15) is 0 Å². The molecule has 0 fully saturated rings. The van der Waals surface area contributed by atoms with E-state index in [-0.39, 0.29) is 0 Å². The average Bonchev–Trinajstić information content (AvgIpc) is 2.13. The summed E-state index contributed by atoms with van der Waals surface area (Å²) in [5.41, 5.74) is -0.864. The second-order valence-electron chi connectivity index (χ2n) is 2.18. The maximum absolute atomic E-state index is 12.7. The van der Waals surface area contributed by atoms with Gasteiger partial charge in [-0.15, -0.1) is 0 Å². The van der Waals surface area contributed by atoms with E-state index in [9.17, 15) is 22.0 Å². The fraction of sp³-hybridized carbons (Fsp3) is 0.143. The van der Waals surface area contributed by atoms with Crippen LogP contribution in [0.5, 0.6) is 0 Å². The van der Waals surface area contributed by atoms with Crippen molar-refractivity contribution in [2.45, 2.75) is 6.67 Å². The first-order valence-corrected chi connectivity index (χ1v) is 3.86. The lowest BCUT2D eigenvalue weighted by Crippen LogP contribution is -2.02. The lowest BCUT2D eigenvalue weighted by atomic mass is 10.2. The summed E-state index contributed by atoms with van der Waals surface area (Å²) < 4.78 is 61.4. The average molecular weight is 261 g/mol. The maximum atomic E-state index is 12.7. The van der Waals surface area contributed by atoms with Crippen LogP contribution in [-0.2, 0) is 6.67 Å². The van der Waals surface area contributed by atoms with Crippen molar-refractivity contribution in [2.24, 2.45) is 0 Å². The first-order valence-electron chi connectivity index (χ1n) is 3.07. The predicted molar refractivity (Wildman–Crippen MR) is 38.8 cm³/mol. The summed E-state index contributed by atoms with van der Waals surface area (Å²) in [6.45, 7) is -1.42. The van der Waals surface area contributed by atoms with E-state index in [2.05, 4.69) is 15.9 Å². The largest absolute Gasteiger partial charge is 0.246 e. The van der Waals surface area contributed by atoms with Gasteiger partial charge in [-0.1, -0.05) is 0 Å². The highest BCUT2D eigenvalue weighted by Crippen LogP contribution is 2.28. The van der Waals surface area contributed by atoms with E-state index in [4.69, 9.17) is 0 Å². The number of rotatable bonds is 1. The third-order valence-electron chi connectivity index (χ3n) is 1.43. The fourth-order valence-electron chi connectivity index (χ4n) is 0.768. The normalized spacial score (nSPS) is 10.6. The van der Waals surface area contributed by atoms with Gasteiger partial charge in [0, 0.05) is 5.56 Å². The Labute approximate surface area is 78.5 Å². The molecule has 1 rings (SSSR count). The SMILES string of the molecule is FCc1c(F)c(F)c(F)c(F)c1Br. The number of halogens is 6. The molecule has 1 aromatic carbocycles. The molecule has 0 spiro atoms. The Kier molecular flexibility index (Phi) is 2.90. The summed E-state index contributed by atoms with van der Waals surface area (Å²) >= 11 is 2.41. The quantitative estimate of drug-likeness (QED) is 0.412. The third-order valence-corrected chi connectivity index (χ3v) is 2.26. The van der Waals surface area contributed by atoms with Crippen LogP contribution in [0.15, 0.2) is 4.47 Å². The Morgan fingerprint density at radius 3 is 1.77 bits per heavy atom. The zero-order valence-electron chi connectivity index (χ0n) is 5.97. The van der Waals surface area contributed by atoms with Gasteiger partial charge >= 0.3 is 0 Å². The Hall–Kier alpha value is -0.650. The van der Waals surface area contributed by atoms with E-state index in [1.807, 2.05) is 0 Å². The van der Waals surface area contributed by atoms with Gasteiger partial charge in [0.2, 0.25) is 0 Å². The van der Waals surface area contributed by atoms with Gasteiger partial charge < -0.3 is 0 Å². The summed E-state index contributed by atoms with van der Waals surface area (Å²) in [5.74, 6) is -7.31. The first kappa shape index (κ1) is 10.4. The molecule has 0 bridgehead atoms. The molecule has 0 aliphatic rings. The van der Waals surface area contributed by atoms with Crippen LogP contribution in [-0.4, -0.2) is 0 Å². The van der Waals surface area contributed by atoms with Gasteiger partial charge in [0.15, 0.2) is 23.3 Å².